The standard InChI is InChI=1S/C16H21NO3/c1-3-20-11-9-16(19)17-15-12-14(6-4-5-10-18)8-7-13(15)2/h7-8,12,18H,3,5,9-11H2,1-2H3,(H,17,19). The van der Waals surface area contributed by atoms with Crippen molar-refractivity contribution in [2.24, 2.45) is 0 Å². The molecule has 0 bridgehead atoms. The molecule has 4 nitrogen and oxygen atoms in total. The van der Waals surface area contributed by atoms with E-state index in [1.165, 1.54) is 0 Å². The van der Waals surface area contributed by atoms with E-state index in [-0.39, 0.29) is 12.5 Å². The van der Waals surface area contributed by atoms with Crippen LogP contribution in [0.5, 0.6) is 0 Å². The van der Waals surface area contributed by atoms with Gasteiger partial charge in [-0.25, -0.2) is 0 Å². The van der Waals surface area contributed by atoms with Crippen LogP contribution in [-0.4, -0.2) is 30.8 Å². The van der Waals surface area contributed by atoms with Crippen LogP contribution in [0.25, 0.3) is 0 Å². The maximum atomic E-state index is 11.8. The predicted octanol–water partition coefficient (Wildman–Crippen LogP) is 2.09. The van der Waals surface area contributed by atoms with Crippen LogP contribution in [0.3, 0.4) is 0 Å². The van der Waals surface area contributed by atoms with Crippen molar-refractivity contribution in [3.8, 4) is 11.8 Å². The zero-order valence-electron chi connectivity index (χ0n) is 12.0. The topological polar surface area (TPSA) is 58.6 Å². The molecule has 1 aromatic rings. The second-order valence-electron chi connectivity index (χ2n) is 4.30. The summed E-state index contributed by atoms with van der Waals surface area (Å²) in [6, 6.07) is 5.66. The van der Waals surface area contributed by atoms with Gasteiger partial charge in [-0.1, -0.05) is 17.9 Å². The van der Waals surface area contributed by atoms with Crippen molar-refractivity contribution < 1.29 is 14.6 Å². The van der Waals surface area contributed by atoms with E-state index in [1.807, 2.05) is 32.0 Å². The molecule has 20 heavy (non-hydrogen) atoms. The number of ether oxygens (including phenoxy) is 1. The minimum Gasteiger partial charge on any atom is -0.395 e. The molecule has 0 saturated carbocycles. The molecule has 2 N–H and O–H groups in total. The molecule has 0 spiro atoms. The molecule has 1 amide bonds. The number of nitrogens with one attached hydrogen (secondary N) is 1. The molecule has 0 aromatic heterocycles. The molecule has 0 fully saturated rings. The first kappa shape index (κ1) is 16.2. The zero-order chi connectivity index (χ0) is 14.8. The number of benzene rings is 1. The minimum absolute atomic E-state index is 0.0554. The molecule has 0 atom stereocenters. The third-order valence-corrected chi connectivity index (χ3v) is 2.66. The minimum atomic E-state index is -0.0676. The molecule has 0 aliphatic carbocycles. The number of aryl methyl sites for hydroxylation is 1. The van der Waals surface area contributed by atoms with Crippen LogP contribution in [0.15, 0.2) is 18.2 Å². The number of rotatable bonds is 6. The molecular formula is C16H21NO3. The molecule has 1 rings (SSSR count). The molecular weight excluding hydrogens is 254 g/mol. The van der Waals surface area contributed by atoms with E-state index in [4.69, 9.17) is 9.84 Å². The van der Waals surface area contributed by atoms with Crippen molar-refractivity contribution in [2.45, 2.75) is 26.7 Å². The maximum absolute atomic E-state index is 11.8. The molecule has 1 aromatic carbocycles. The molecule has 0 unspecified atom stereocenters. The van der Waals surface area contributed by atoms with Gasteiger partial charge in [0.15, 0.2) is 0 Å². The van der Waals surface area contributed by atoms with Gasteiger partial charge in [0.05, 0.1) is 19.6 Å². The van der Waals surface area contributed by atoms with Crippen LogP contribution >= 0.6 is 0 Å². The Kier molecular flexibility index (Phi) is 7.41. The van der Waals surface area contributed by atoms with Crippen LogP contribution in [0.2, 0.25) is 0 Å². The fraction of sp³-hybridized carbons (Fsp3) is 0.438. The van der Waals surface area contributed by atoms with Crippen LogP contribution in [-0.2, 0) is 9.53 Å². The number of aliphatic hydroxyl groups excluding tert-OH is 1. The summed E-state index contributed by atoms with van der Waals surface area (Å²) in [5, 5.41) is 11.6. The highest BCUT2D eigenvalue weighted by Crippen LogP contribution is 2.16. The van der Waals surface area contributed by atoms with Gasteiger partial charge in [0, 0.05) is 24.3 Å². The quantitative estimate of drug-likeness (QED) is 0.617. The van der Waals surface area contributed by atoms with Crippen molar-refractivity contribution in [2.75, 3.05) is 25.1 Å². The lowest BCUT2D eigenvalue weighted by molar-refractivity contribution is -0.117. The maximum Gasteiger partial charge on any atom is 0.226 e. The summed E-state index contributed by atoms with van der Waals surface area (Å²) in [5.74, 6) is 5.75. The molecule has 0 aliphatic heterocycles. The Morgan fingerprint density at radius 1 is 1.45 bits per heavy atom. The van der Waals surface area contributed by atoms with Crippen LogP contribution in [0, 0.1) is 18.8 Å². The van der Waals surface area contributed by atoms with Gasteiger partial charge in [0.25, 0.3) is 0 Å². The first-order chi connectivity index (χ1) is 9.67. The number of amides is 1. The number of anilines is 1. The fourth-order valence-corrected chi connectivity index (χ4v) is 1.58. The molecule has 0 heterocycles. The van der Waals surface area contributed by atoms with Crippen molar-refractivity contribution in [1.29, 1.82) is 0 Å². The lowest BCUT2D eigenvalue weighted by Gasteiger charge is -2.09. The van der Waals surface area contributed by atoms with Crippen molar-refractivity contribution in [3.05, 3.63) is 29.3 Å². The highest BCUT2D eigenvalue weighted by Gasteiger charge is 2.05. The van der Waals surface area contributed by atoms with Gasteiger partial charge >= 0.3 is 0 Å². The summed E-state index contributed by atoms with van der Waals surface area (Å²) >= 11 is 0. The average Bonchev–Trinajstić information content (AvgIpc) is 2.43. The highest BCUT2D eigenvalue weighted by atomic mass is 16.5. The van der Waals surface area contributed by atoms with E-state index in [0.717, 1.165) is 16.8 Å². The normalized spacial score (nSPS) is 9.75. The van der Waals surface area contributed by atoms with E-state index < -0.39 is 0 Å². The third kappa shape index (κ3) is 5.87. The van der Waals surface area contributed by atoms with Crippen molar-refractivity contribution in [1.82, 2.24) is 0 Å². The zero-order valence-corrected chi connectivity index (χ0v) is 12.0. The highest BCUT2D eigenvalue weighted by molar-refractivity contribution is 5.91. The fourth-order valence-electron chi connectivity index (χ4n) is 1.58. The summed E-state index contributed by atoms with van der Waals surface area (Å²) < 4.78 is 5.15. The lowest BCUT2D eigenvalue weighted by Crippen LogP contribution is -2.15. The number of aliphatic hydroxyl groups is 1. The predicted molar refractivity (Wildman–Crippen MR) is 79.5 cm³/mol. The smallest absolute Gasteiger partial charge is 0.226 e. The van der Waals surface area contributed by atoms with E-state index in [2.05, 4.69) is 17.2 Å². The van der Waals surface area contributed by atoms with E-state index in [0.29, 0.717) is 26.1 Å². The monoisotopic (exact) mass is 275 g/mol. The van der Waals surface area contributed by atoms with Gasteiger partial charge in [-0.15, -0.1) is 0 Å². The van der Waals surface area contributed by atoms with Gasteiger partial charge in [-0.05, 0) is 31.5 Å². The Labute approximate surface area is 120 Å². The van der Waals surface area contributed by atoms with Crippen LogP contribution in [0.4, 0.5) is 5.69 Å². The number of hydrogen-bond acceptors (Lipinski definition) is 3. The Balaban J connectivity index is 2.67. The third-order valence-electron chi connectivity index (χ3n) is 2.66. The van der Waals surface area contributed by atoms with E-state index in [1.54, 1.807) is 0 Å². The van der Waals surface area contributed by atoms with Crippen LogP contribution in [0.1, 0.15) is 30.9 Å². The molecule has 4 heteroatoms. The van der Waals surface area contributed by atoms with Gasteiger partial charge in [0.1, 0.15) is 0 Å². The largest absolute Gasteiger partial charge is 0.395 e. The van der Waals surface area contributed by atoms with Crippen LogP contribution < -0.4 is 5.32 Å². The SMILES string of the molecule is CCOCCC(=O)Nc1cc(C#CCCO)ccc1C. The van der Waals surface area contributed by atoms with Gasteiger partial charge in [0.2, 0.25) is 5.91 Å². The summed E-state index contributed by atoms with van der Waals surface area (Å²) in [5.41, 5.74) is 2.58. The summed E-state index contributed by atoms with van der Waals surface area (Å²) in [4.78, 5) is 11.8. The Hall–Kier alpha value is -1.83. The summed E-state index contributed by atoms with van der Waals surface area (Å²) in [6.45, 7) is 4.93. The summed E-state index contributed by atoms with van der Waals surface area (Å²) in [6.07, 6.45) is 0.789. The second kappa shape index (κ2) is 9.13. The average molecular weight is 275 g/mol. The number of hydrogen-bond donors (Lipinski definition) is 2. The lowest BCUT2D eigenvalue weighted by atomic mass is 10.1. The van der Waals surface area contributed by atoms with Gasteiger partial charge in [-0.2, -0.15) is 0 Å². The first-order valence-corrected chi connectivity index (χ1v) is 6.75. The van der Waals surface area contributed by atoms with E-state index >= 15 is 0 Å². The number of carbonyl (C=O) groups excluding carboxylic acids is 1. The molecule has 0 radical (unpaired) electrons. The summed E-state index contributed by atoms with van der Waals surface area (Å²) in [7, 11) is 0. The van der Waals surface area contributed by atoms with E-state index in [9.17, 15) is 4.79 Å². The van der Waals surface area contributed by atoms with Gasteiger partial charge in [-0.3, -0.25) is 4.79 Å². The Morgan fingerprint density at radius 2 is 2.25 bits per heavy atom. The second-order valence-corrected chi connectivity index (χ2v) is 4.30. The molecule has 0 saturated heterocycles. The first-order valence-electron chi connectivity index (χ1n) is 6.75. The van der Waals surface area contributed by atoms with Crippen molar-refractivity contribution in [3.63, 3.8) is 0 Å². The Bertz CT molecular complexity index is 500. The number of carbonyl (C=O) groups is 1. The Morgan fingerprint density at radius 3 is 2.95 bits per heavy atom. The van der Waals surface area contributed by atoms with Gasteiger partial charge < -0.3 is 15.2 Å². The molecule has 0 aliphatic rings. The molecule has 108 valence electrons. The van der Waals surface area contributed by atoms with Crippen molar-refractivity contribution >= 4 is 11.6 Å².